The lowest BCUT2D eigenvalue weighted by Crippen LogP contribution is -2.12. The largest absolute Gasteiger partial charge is 0.497 e. The molecule has 3 rings (SSSR count). The normalized spacial score (nSPS) is 10.4. The summed E-state index contributed by atoms with van der Waals surface area (Å²) in [5.74, 6) is 0.461. The summed E-state index contributed by atoms with van der Waals surface area (Å²) in [7, 11) is 1.57. The number of ether oxygens (including phenoxy) is 1. The van der Waals surface area contributed by atoms with E-state index in [0.29, 0.717) is 17.0 Å². The Labute approximate surface area is 115 Å². The highest BCUT2D eigenvalue weighted by Crippen LogP contribution is 2.21. The zero-order valence-corrected chi connectivity index (χ0v) is 10.9. The van der Waals surface area contributed by atoms with Crippen LogP contribution in [-0.4, -0.2) is 23.2 Å². The summed E-state index contributed by atoms with van der Waals surface area (Å²) in [4.78, 5) is 12.2. The van der Waals surface area contributed by atoms with Crippen LogP contribution in [0.15, 0.2) is 48.7 Å². The number of aromatic amines is 1. The van der Waals surface area contributed by atoms with Gasteiger partial charge >= 0.3 is 0 Å². The quantitative estimate of drug-likeness (QED) is 0.766. The zero-order valence-electron chi connectivity index (χ0n) is 10.9. The van der Waals surface area contributed by atoms with Gasteiger partial charge in [0.05, 0.1) is 24.5 Å². The number of aromatic nitrogens is 2. The molecule has 0 aliphatic rings. The number of fused-ring (bicyclic) bond motifs is 1. The predicted molar refractivity (Wildman–Crippen MR) is 77.0 cm³/mol. The van der Waals surface area contributed by atoms with Crippen LogP contribution in [0.2, 0.25) is 0 Å². The first-order valence-electron chi connectivity index (χ1n) is 6.15. The van der Waals surface area contributed by atoms with Gasteiger partial charge in [-0.05, 0) is 24.3 Å². The van der Waals surface area contributed by atoms with Crippen LogP contribution in [0.1, 0.15) is 10.4 Å². The average Bonchev–Trinajstić information content (AvgIpc) is 2.97. The molecule has 0 radical (unpaired) electrons. The van der Waals surface area contributed by atoms with E-state index >= 15 is 0 Å². The summed E-state index contributed by atoms with van der Waals surface area (Å²) < 4.78 is 5.12. The van der Waals surface area contributed by atoms with Crippen LogP contribution in [0.4, 0.5) is 5.69 Å². The Hall–Kier alpha value is -2.82. The Kier molecular flexibility index (Phi) is 3.09. The first-order valence-corrected chi connectivity index (χ1v) is 6.15. The van der Waals surface area contributed by atoms with Crippen molar-refractivity contribution in [1.82, 2.24) is 10.2 Å². The van der Waals surface area contributed by atoms with Crippen LogP contribution in [0, 0.1) is 0 Å². The maximum Gasteiger partial charge on any atom is 0.255 e. The Morgan fingerprint density at radius 3 is 2.95 bits per heavy atom. The van der Waals surface area contributed by atoms with E-state index in [-0.39, 0.29) is 5.91 Å². The molecule has 0 bridgehead atoms. The van der Waals surface area contributed by atoms with Gasteiger partial charge in [-0.25, -0.2) is 0 Å². The number of methoxy groups -OCH3 is 1. The lowest BCUT2D eigenvalue weighted by Gasteiger charge is -2.07. The number of anilines is 1. The van der Waals surface area contributed by atoms with Crippen molar-refractivity contribution in [2.45, 2.75) is 0 Å². The summed E-state index contributed by atoms with van der Waals surface area (Å²) >= 11 is 0. The second kappa shape index (κ2) is 5.05. The van der Waals surface area contributed by atoms with Gasteiger partial charge in [0, 0.05) is 10.9 Å². The molecule has 0 saturated carbocycles. The highest BCUT2D eigenvalue weighted by Gasteiger charge is 2.09. The molecule has 2 N–H and O–H groups in total. The molecule has 0 spiro atoms. The van der Waals surface area contributed by atoms with Crippen LogP contribution in [0.5, 0.6) is 5.75 Å². The SMILES string of the molecule is COc1cccc(C(=O)Nc2cccc3cn[nH]c23)c1. The van der Waals surface area contributed by atoms with E-state index in [0.717, 1.165) is 10.9 Å². The minimum Gasteiger partial charge on any atom is -0.497 e. The minimum absolute atomic E-state index is 0.189. The molecule has 1 aromatic heterocycles. The lowest BCUT2D eigenvalue weighted by molar-refractivity contribution is 0.102. The highest BCUT2D eigenvalue weighted by atomic mass is 16.5. The van der Waals surface area contributed by atoms with Crippen LogP contribution in [0.3, 0.4) is 0 Å². The number of carbonyl (C=O) groups excluding carboxylic acids is 1. The van der Waals surface area contributed by atoms with Crippen molar-refractivity contribution in [3.05, 3.63) is 54.2 Å². The molecule has 2 aromatic carbocycles. The smallest absolute Gasteiger partial charge is 0.255 e. The zero-order chi connectivity index (χ0) is 13.9. The number of hydrogen-bond acceptors (Lipinski definition) is 3. The fourth-order valence-electron chi connectivity index (χ4n) is 2.03. The van der Waals surface area contributed by atoms with Gasteiger partial charge in [0.2, 0.25) is 0 Å². The van der Waals surface area contributed by atoms with Crippen molar-refractivity contribution in [3.8, 4) is 5.75 Å². The number of nitrogens with one attached hydrogen (secondary N) is 2. The first-order chi connectivity index (χ1) is 9.78. The van der Waals surface area contributed by atoms with Crippen LogP contribution in [-0.2, 0) is 0 Å². The second-order valence-electron chi connectivity index (χ2n) is 4.33. The summed E-state index contributed by atoms with van der Waals surface area (Å²) in [5.41, 5.74) is 2.05. The standard InChI is InChI=1S/C15H13N3O2/c1-20-12-6-2-4-10(8-12)15(19)17-13-7-3-5-11-9-16-18-14(11)13/h2-9H,1H3,(H,16,18)(H,17,19). The van der Waals surface area contributed by atoms with Crippen molar-refractivity contribution in [2.24, 2.45) is 0 Å². The van der Waals surface area contributed by atoms with Crippen molar-refractivity contribution in [2.75, 3.05) is 12.4 Å². The Balaban J connectivity index is 1.90. The van der Waals surface area contributed by atoms with E-state index in [1.807, 2.05) is 18.2 Å². The number of benzene rings is 2. The monoisotopic (exact) mass is 267 g/mol. The topological polar surface area (TPSA) is 67.0 Å². The summed E-state index contributed by atoms with van der Waals surface area (Å²) in [5, 5.41) is 10.7. The molecule has 0 saturated heterocycles. The van der Waals surface area contributed by atoms with Crippen molar-refractivity contribution < 1.29 is 9.53 Å². The van der Waals surface area contributed by atoms with Gasteiger partial charge in [-0.15, -0.1) is 0 Å². The van der Waals surface area contributed by atoms with Gasteiger partial charge in [0.1, 0.15) is 5.75 Å². The summed E-state index contributed by atoms with van der Waals surface area (Å²) in [6, 6.07) is 12.7. The van der Waals surface area contributed by atoms with Crippen LogP contribution < -0.4 is 10.1 Å². The maximum atomic E-state index is 12.2. The van der Waals surface area contributed by atoms with Gasteiger partial charge in [-0.3, -0.25) is 9.89 Å². The maximum absolute atomic E-state index is 12.2. The molecular weight excluding hydrogens is 254 g/mol. The van der Waals surface area contributed by atoms with Crippen molar-refractivity contribution in [1.29, 1.82) is 0 Å². The fraction of sp³-hybridized carbons (Fsp3) is 0.0667. The molecule has 0 unspecified atom stereocenters. The number of H-pyrrole nitrogens is 1. The lowest BCUT2D eigenvalue weighted by atomic mass is 10.2. The molecule has 20 heavy (non-hydrogen) atoms. The van der Waals surface area contributed by atoms with Gasteiger partial charge < -0.3 is 10.1 Å². The second-order valence-corrected chi connectivity index (χ2v) is 4.33. The van der Waals surface area contributed by atoms with Crippen LogP contribution in [0.25, 0.3) is 10.9 Å². The number of rotatable bonds is 3. The van der Waals surface area contributed by atoms with E-state index in [1.54, 1.807) is 37.6 Å². The molecule has 0 atom stereocenters. The molecule has 100 valence electrons. The molecule has 0 aliphatic heterocycles. The van der Waals surface area contributed by atoms with Crippen molar-refractivity contribution in [3.63, 3.8) is 0 Å². The van der Waals surface area contributed by atoms with E-state index in [2.05, 4.69) is 15.5 Å². The van der Waals surface area contributed by atoms with Gasteiger partial charge in [0.15, 0.2) is 0 Å². The molecule has 1 heterocycles. The number of nitrogens with zero attached hydrogens (tertiary/aromatic N) is 1. The number of hydrogen-bond donors (Lipinski definition) is 2. The summed E-state index contributed by atoms with van der Waals surface area (Å²) in [6.45, 7) is 0. The average molecular weight is 267 g/mol. The molecule has 1 amide bonds. The summed E-state index contributed by atoms with van der Waals surface area (Å²) in [6.07, 6.45) is 1.72. The highest BCUT2D eigenvalue weighted by molar-refractivity contribution is 6.08. The van der Waals surface area contributed by atoms with E-state index in [9.17, 15) is 4.79 Å². The third-order valence-electron chi connectivity index (χ3n) is 3.06. The molecular formula is C15H13N3O2. The fourth-order valence-corrected chi connectivity index (χ4v) is 2.03. The first kappa shape index (κ1) is 12.2. The van der Waals surface area contributed by atoms with Gasteiger partial charge in [-0.1, -0.05) is 18.2 Å². The Morgan fingerprint density at radius 2 is 2.10 bits per heavy atom. The predicted octanol–water partition coefficient (Wildman–Crippen LogP) is 2.82. The van der Waals surface area contributed by atoms with Crippen molar-refractivity contribution >= 4 is 22.5 Å². The Bertz CT molecular complexity index is 764. The number of para-hydroxylation sites is 1. The van der Waals surface area contributed by atoms with E-state index in [1.165, 1.54) is 0 Å². The third kappa shape index (κ3) is 2.21. The van der Waals surface area contributed by atoms with Crippen LogP contribution >= 0.6 is 0 Å². The van der Waals surface area contributed by atoms with Gasteiger partial charge in [0.25, 0.3) is 5.91 Å². The Morgan fingerprint density at radius 1 is 1.25 bits per heavy atom. The van der Waals surface area contributed by atoms with E-state index in [4.69, 9.17) is 4.74 Å². The number of amides is 1. The van der Waals surface area contributed by atoms with Gasteiger partial charge in [-0.2, -0.15) is 5.10 Å². The molecule has 3 aromatic rings. The molecule has 5 heteroatoms. The third-order valence-corrected chi connectivity index (χ3v) is 3.06. The molecule has 0 fully saturated rings. The van der Waals surface area contributed by atoms with E-state index < -0.39 is 0 Å². The molecule has 5 nitrogen and oxygen atoms in total. The molecule has 0 aliphatic carbocycles. The minimum atomic E-state index is -0.189. The number of carbonyl (C=O) groups is 1.